The Kier molecular flexibility index (Phi) is 4.18. The summed E-state index contributed by atoms with van der Waals surface area (Å²) in [5.41, 5.74) is 1.33. The van der Waals surface area contributed by atoms with Crippen molar-refractivity contribution in [2.24, 2.45) is 0 Å². The fraction of sp³-hybridized carbons (Fsp3) is 0.500. The van der Waals surface area contributed by atoms with E-state index in [-0.39, 0.29) is 5.54 Å². The van der Waals surface area contributed by atoms with E-state index in [1.54, 1.807) is 6.92 Å². The molecule has 3 N–H and O–H groups in total. The number of aliphatic hydroxyl groups is 2. The monoisotopic (exact) mass is 277 g/mol. The predicted molar refractivity (Wildman–Crippen MR) is 79.6 cm³/mol. The third-order valence-corrected chi connectivity index (χ3v) is 3.20. The largest absolute Gasteiger partial charge is 0.458 e. The normalized spacial score (nSPS) is 15.5. The number of aliphatic hydroxyl groups excluding tert-OH is 2. The van der Waals surface area contributed by atoms with Gasteiger partial charge in [-0.05, 0) is 33.8 Å². The number of hydrogen-bond donors (Lipinski definition) is 3. The van der Waals surface area contributed by atoms with Gasteiger partial charge in [0.05, 0.1) is 6.10 Å². The Bertz CT molecular complexity index is 581. The lowest BCUT2D eigenvalue weighted by Gasteiger charge is -2.22. The molecule has 2 atom stereocenters. The molecule has 0 aliphatic heterocycles. The Labute approximate surface area is 119 Å². The van der Waals surface area contributed by atoms with Crippen LogP contribution in [0.5, 0.6) is 0 Å². The van der Waals surface area contributed by atoms with Crippen molar-refractivity contribution in [3.8, 4) is 0 Å². The summed E-state index contributed by atoms with van der Waals surface area (Å²) in [6, 6.07) is 7.46. The zero-order valence-electron chi connectivity index (χ0n) is 12.5. The summed E-state index contributed by atoms with van der Waals surface area (Å²) in [6.45, 7) is 8.26. The SMILES string of the molecule is CC(O)c1cccc2cc([C@@H](O)CNC(C)(C)C)oc12. The van der Waals surface area contributed by atoms with Crippen LogP contribution in [0.2, 0.25) is 0 Å². The summed E-state index contributed by atoms with van der Waals surface area (Å²) in [4.78, 5) is 0. The van der Waals surface area contributed by atoms with Gasteiger partial charge in [0.15, 0.2) is 0 Å². The van der Waals surface area contributed by atoms with Gasteiger partial charge in [-0.25, -0.2) is 0 Å². The molecule has 20 heavy (non-hydrogen) atoms. The Morgan fingerprint density at radius 3 is 2.55 bits per heavy atom. The van der Waals surface area contributed by atoms with E-state index in [0.29, 0.717) is 17.9 Å². The first-order chi connectivity index (χ1) is 9.28. The average molecular weight is 277 g/mol. The van der Waals surface area contributed by atoms with E-state index in [0.717, 1.165) is 10.9 Å². The molecular formula is C16H23NO3. The maximum absolute atomic E-state index is 10.2. The number of para-hydroxylation sites is 1. The van der Waals surface area contributed by atoms with Crippen LogP contribution in [0.3, 0.4) is 0 Å². The first-order valence-electron chi connectivity index (χ1n) is 6.91. The van der Waals surface area contributed by atoms with Gasteiger partial charge in [0.1, 0.15) is 17.4 Å². The molecule has 0 amide bonds. The topological polar surface area (TPSA) is 65.6 Å². The summed E-state index contributed by atoms with van der Waals surface area (Å²) < 4.78 is 5.74. The minimum absolute atomic E-state index is 0.0578. The zero-order valence-corrected chi connectivity index (χ0v) is 12.5. The van der Waals surface area contributed by atoms with Crippen LogP contribution in [-0.2, 0) is 0 Å². The van der Waals surface area contributed by atoms with Crippen LogP contribution in [0.1, 0.15) is 51.2 Å². The average Bonchev–Trinajstić information content (AvgIpc) is 2.78. The number of β-amino-alcohol motifs (C(OH)–C–C–N with tert-alkyl or cyclic N) is 1. The Morgan fingerprint density at radius 2 is 1.95 bits per heavy atom. The van der Waals surface area contributed by atoms with Crippen molar-refractivity contribution in [1.82, 2.24) is 5.32 Å². The standard InChI is InChI=1S/C16H23NO3/c1-10(18)12-7-5-6-11-8-14(20-15(11)12)13(19)9-17-16(2,3)4/h5-8,10,13,17-19H,9H2,1-4H3/t10?,13-/m0/s1. The van der Waals surface area contributed by atoms with Gasteiger partial charge in [0, 0.05) is 23.0 Å². The summed E-state index contributed by atoms with van der Waals surface area (Å²) in [7, 11) is 0. The molecule has 0 spiro atoms. The van der Waals surface area contributed by atoms with Crippen molar-refractivity contribution >= 4 is 11.0 Å². The van der Waals surface area contributed by atoms with E-state index < -0.39 is 12.2 Å². The van der Waals surface area contributed by atoms with Gasteiger partial charge in [0.2, 0.25) is 0 Å². The molecule has 2 rings (SSSR count). The molecule has 0 saturated heterocycles. The predicted octanol–water partition coefficient (Wildman–Crippen LogP) is 2.91. The molecule has 4 nitrogen and oxygen atoms in total. The first kappa shape index (κ1) is 15.0. The molecule has 1 aromatic carbocycles. The van der Waals surface area contributed by atoms with E-state index >= 15 is 0 Å². The van der Waals surface area contributed by atoms with Crippen LogP contribution in [0.25, 0.3) is 11.0 Å². The van der Waals surface area contributed by atoms with E-state index in [1.807, 2.05) is 45.0 Å². The van der Waals surface area contributed by atoms with Crippen LogP contribution in [0, 0.1) is 0 Å². The molecular weight excluding hydrogens is 254 g/mol. The second kappa shape index (κ2) is 5.56. The lowest BCUT2D eigenvalue weighted by atomic mass is 10.1. The van der Waals surface area contributed by atoms with Gasteiger partial charge in [-0.2, -0.15) is 0 Å². The lowest BCUT2D eigenvalue weighted by molar-refractivity contribution is 0.139. The highest BCUT2D eigenvalue weighted by molar-refractivity contribution is 5.81. The molecule has 0 saturated carbocycles. The smallest absolute Gasteiger partial charge is 0.140 e. The summed E-state index contributed by atoms with van der Waals surface area (Å²) in [5, 5.41) is 24.1. The van der Waals surface area contributed by atoms with Crippen molar-refractivity contribution in [1.29, 1.82) is 0 Å². The third kappa shape index (κ3) is 3.39. The molecule has 1 aromatic heterocycles. The number of fused-ring (bicyclic) bond motifs is 1. The van der Waals surface area contributed by atoms with Crippen LogP contribution in [0.15, 0.2) is 28.7 Å². The van der Waals surface area contributed by atoms with Gasteiger partial charge in [-0.3, -0.25) is 0 Å². The number of rotatable bonds is 4. The minimum atomic E-state index is -0.705. The highest BCUT2D eigenvalue weighted by Crippen LogP contribution is 2.29. The van der Waals surface area contributed by atoms with Crippen LogP contribution < -0.4 is 5.32 Å². The molecule has 1 unspecified atom stereocenters. The summed E-state index contributed by atoms with van der Waals surface area (Å²) >= 11 is 0. The summed E-state index contributed by atoms with van der Waals surface area (Å²) in [6.07, 6.45) is -1.30. The maximum Gasteiger partial charge on any atom is 0.140 e. The van der Waals surface area contributed by atoms with Crippen molar-refractivity contribution in [2.45, 2.75) is 45.4 Å². The van der Waals surface area contributed by atoms with Gasteiger partial charge in [-0.1, -0.05) is 18.2 Å². The van der Waals surface area contributed by atoms with Gasteiger partial charge >= 0.3 is 0 Å². The van der Waals surface area contributed by atoms with E-state index in [2.05, 4.69) is 5.32 Å². The molecule has 4 heteroatoms. The molecule has 0 fully saturated rings. The fourth-order valence-corrected chi connectivity index (χ4v) is 2.10. The Balaban J connectivity index is 2.25. The minimum Gasteiger partial charge on any atom is -0.458 e. The van der Waals surface area contributed by atoms with Crippen molar-refractivity contribution in [3.05, 3.63) is 35.6 Å². The maximum atomic E-state index is 10.2. The zero-order chi connectivity index (χ0) is 14.9. The van der Waals surface area contributed by atoms with E-state index in [9.17, 15) is 10.2 Å². The molecule has 0 aliphatic carbocycles. The van der Waals surface area contributed by atoms with E-state index in [4.69, 9.17) is 4.42 Å². The number of benzene rings is 1. The second-order valence-electron chi connectivity index (χ2n) is 6.24. The van der Waals surface area contributed by atoms with Crippen molar-refractivity contribution < 1.29 is 14.6 Å². The van der Waals surface area contributed by atoms with Crippen LogP contribution in [0.4, 0.5) is 0 Å². The number of hydrogen-bond acceptors (Lipinski definition) is 4. The number of furan rings is 1. The van der Waals surface area contributed by atoms with Crippen LogP contribution >= 0.6 is 0 Å². The fourth-order valence-electron chi connectivity index (χ4n) is 2.10. The van der Waals surface area contributed by atoms with Crippen molar-refractivity contribution in [2.75, 3.05) is 6.54 Å². The third-order valence-electron chi connectivity index (χ3n) is 3.20. The highest BCUT2D eigenvalue weighted by Gasteiger charge is 2.18. The molecule has 110 valence electrons. The Morgan fingerprint density at radius 1 is 1.25 bits per heavy atom. The van der Waals surface area contributed by atoms with Crippen molar-refractivity contribution in [3.63, 3.8) is 0 Å². The van der Waals surface area contributed by atoms with Gasteiger partial charge in [0.25, 0.3) is 0 Å². The van der Waals surface area contributed by atoms with Gasteiger partial charge in [-0.15, -0.1) is 0 Å². The van der Waals surface area contributed by atoms with E-state index in [1.165, 1.54) is 0 Å². The number of nitrogens with one attached hydrogen (secondary N) is 1. The molecule has 0 aliphatic rings. The quantitative estimate of drug-likeness (QED) is 0.804. The first-order valence-corrected chi connectivity index (χ1v) is 6.91. The highest BCUT2D eigenvalue weighted by atomic mass is 16.4. The molecule has 1 heterocycles. The molecule has 0 radical (unpaired) electrons. The molecule has 0 bridgehead atoms. The van der Waals surface area contributed by atoms with Gasteiger partial charge < -0.3 is 19.9 Å². The summed E-state index contributed by atoms with van der Waals surface area (Å²) in [5.74, 6) is 0.518. The second-order valence-corrected chi connectivity index (χ2v) is 6.24. The lowest BCUT2D eigenvalue weighted by Crippen LogP contribution is -2.38. The van der Waals surface area contributed by atoms with Crippen LogP contribution in [-0.4, -0.2) is 22.3 Å². The Hall–Kier alpha value is -1.36. The molecule has 2 aromatic rings.